The van der Waals surface area contributed by atoms with E-state index in [1.165, 1.54) is 0 Å². The molecule has 0 saturated carbocycles. The standard InChI is InChI=1S/C21H17BrClNO2S/c22-14-5-8-17(9-6-14)26-13-16(25)12-24-18-3-1-2-4-20(18)27-21-10-7-15(23)11-19(21)24/h1-11,16,25H,12-13H2. The zero-order chi connectivity index (χ0) is 18.8. The van der Waals surface area contributed by atoms with E-state index in [0.29, 0.717) is 11.6 Å². The maximum absolute atomic E-state index is 10.6. The van der Waals surface area contributed by atoms with Crippen molar-refractivity contribution in [3.8, 4) is 5.75 Å². The molecule has 4 rings (SSSR count). The number of fused-ring (bicyclic) bond motifs is 2. The average molecular weight is 463 g/mol. The molecule has 1 unspecified atom stereocenters. The first-order valence-corrected chi connectivity index (χ1v) is 10.5. The van der Waals surface area contributed by atoms with E-state index in [2.05, 4.69) is 33.0 Å². The minimum atomic E-state index is -0.656. The van der Waals surface area contributed by atoms with Gasteiger partial charge >= 0.3 is 0 Å². The van der Waals surface area contributed by atoms with Gasteiger partial charge in [0.1, 0.15) is 18.5 Å². The molecule has 0 spiro atoms. The lowest BCUT2D eigenvalue weighted by Gasteiger charge is -2.34. The van der Waals surface area contributed by atoms with Crippen molar-refractivity contribution in [1.82, 2.24) is 0 Å². The van der Waals surface area contributed by atoms with Crippen LogP contribution in [0.3, 0.4) is 0 Å². The fraction of sp³-hybridized carbons (Fsp3) is 0.143. The van der Waals surface area contributed by atoms with Crippen molar-refractivity contribution in [3.05, 3.63) is 76.2 Å². The Morgan fingerprint density at radius 2 is 1.74 bits per heavy atom. The number of para-hydroxylation sites is 1. The predicted octanol–water partition coefficient (Wildman–Crippen LogP) is 6.15. The van der Waals surface area contributed by atoms with Gasteiger partial charge in [0.2, 0.25) is 0 Å². The van der Waals surface area contributed by atoms with Crippen LogP contribution >= 0.6 is 39.3 Å². The first kappa shape index (κ1) is 18.7. The number of nitrogens with zero attached hydrogens (tertiary/aromatic N) is 1. The van der Waals surface area contributed by atoms with Gasteiger partial charge in [-0.3, -0.25) is 0 Å². The van der Waals surface area contributed by atoms with Crippen LogP contribution in [0, 0.1) is 0 Å². The van der Waals surface area contributed by atoms with Crippen LogP contribution < -0.4 is 9.64 Å². The number of hydrogen-bond donors (Lipinski definition) is 1. The van der Waals surface area contributed by atoms with E-state index in [-0.39, 0.29) is 6.61 Å². The van der Waals surface area contributed by atoms with E-state index in [1.807, 2.05) is 54.6 Å². The lowest BCUT2D eigenvalue weighted by atomic mass is 10.2. The van der Waals surface area contributed by atoms with Crippen molar-refractivity contribution in [1.29, 1.82) is 0 Å². The van der Waals surface area contributed by atoms with E-state index >= 15 is 0 Å². The molecule has 0 aliphatic carbocycles. The number of aliphatic hydroxyl groups is 1. The summed E-state index contributed by atoms with van der Waals surface area (Å²) in [6.07, 6.45) is -0.656. The van der Waals surface area contributed by atoms with Crippen LogP contribution in [0.4, 0.5) is 11.4 Å². The number of rotatable bonds is 5. The predicted molar refractivity (Wildman–Crippen MR) is 115 cm³/mol. The van der Waals surface area contributed by atoms with Gasteiger partial charge in [-0.1, -0.05) is 51.4 Å². The minimum absolute atomic E-state index is 0.212. The van der Waals surface area contributed by atoms with Gasteiger partial charge in [0.25, 0.3) is 0 Å². The Bertz CT molecular complexity index is 951. The van der Waals surface area contributed by atoms with Gasteiger partial charge in [-0.05, 0) is 54.6 Å². The quantitative estimate of drug-likeness (QED) is 0.493. The monoisotopic (exact) mass is 461 g/mol. The SMILES string of the molecule is OC(COc1ccc(Br)cc1)CN1c2ccccc2Sc2ccc(Cl)cc21. The smallest absolute Gasteiger partial charge is 0.119 e. The van der Waals surface area contributed by atoms with Crippen LogP contribution in [0.25, 0.3) is 0 Å². The first-order chi connectivity index (χ1) is 13.1. The summed E-state index contributed by atoms with van der Waals surface area (Å²) in [6.45, 7) is 0.630. The maximum atomic E-state index is 10.6. The highest BCUT2D eigenvalue weighted by Crippen LogP contribution is 2.48. The second kappa shape index (κ2) is 8.15. The second-order valence-electron chi connectivity index (χ2n) is 6.21. The van der Waals surface area contributed by atoms with Gasteiger partial charge in [0.15, 0.2) is 0 Å². The second-order valence-corrected chi connectivity index (χ2v) is 8.65. The average Bonchev–Trinajstić information content (AvgIpc) is 2.68. The molecule has 1 aliphatic heterocycles. The summed E-state index contributed by atoms with van der Waals surface area (Å²) < 4.78 is 6.73. The third-order valence-corrected chi connectivity index (χ3v) is 6.13. The number of halogens is 2. The summed E-state index contributed by atoms with van der Waals surface area (Å²) in [5.74, 6) is 0.732. The van der Waals surface area contributed by atoms with Crippen molar-refractivity contribution in [2.45, 2.75) is 15.9 Å². The van der Waals surface area contributed by atoms with Gasteiger partial charge in [-0.15, -0.1) is 0 Å². The molecule has 3 aromatic carbocycles. The molecule has 1 aliphatic rings. The molecule has 0 aromatic heterocycles. The Morgan fingerprint density at radius 1 is 1.00 bits per heavy atom. The fourth-order valence-electron chi connectivity index (χ4n) is 2.99. The zero-order valence-electron chi connectivity index (χ0n) is 14.3. The molecule has 1 N–H and O–H groups in total. The van der Waals surface area contributed by atoms with Crippen LogP contribution in [-0.4, -0.2) is 24.4 Å². The largest absolute Gasteiger partial charge is 0.491 e. The van der Waals surface area contributed by atoms with Crippen LogP contribution in [0.1, 0.15) is 0 Å². The number of anilines is 2. The molecule has 1 heterocycles. The summed E-state index contributed by atoms with van der Waals surface area (Å²) in [7, 11) is 0. The summed E-state index contributed by atoms with van der Waals surface area (Å²) in [5.41, 5.74) is 2.08. The lowest BCUT2D eigenvalue weighted by Crippen LogP contribution is -2.34. The van der Waals surface area contributed by atoms with E-state index in [9.17, 15) is 5.11 Å². The maximum Gasteiger partial charge on any atom is 0.119 e. The Balaban J connectivity index is 1.54. The van der Waals surface area contributed by atoms with E-state index in [1.54, 1.807) is 11.8 Å². The van der Waals surface area contributed by atoms with Gasteiger partial charge in [0.05, 0.1) is 17.9 Å². The van der Waals surface area contributed by atoms with Crippen molar-refractivity contribution in [2.75, 3.05) is 18.1 Å². The summed E-state index contributed by atoms with van der Waals surface area (Å²) in [5, 5.41) is 11.3. The topological polar surface area (TPSA) is 32.7 Å². The molecular weight excluding hydrogens is 446 g/mol. The van der Waals surface area contributed by atoms with Gasteiger partial charge < -0.3 is 14.7 Å². The molecule has 6 heteroatoms. The molecule has 0 fully saturated rings. The highest BCUT2D eigenvalue weighted by Gasteiger charge is 2.25. The summed E-state index contributed by atoms with van der Waals surface area (Å²) in [4.78, 5) is 4.40. The Kier molecular flexibility index (Phi) is 5.64. The Hall–Kier alpha value is -1.66. The van der Waals surface area contributed by atoms with Crippen molar-refractivity contribution >= 4 is 50.7 Å². The van der Waals surface area contributed by atoms with Crippen LogP contribution in [0.5, 0.6) is 5.75 Å². The number of hydrogen-bond acceptors (Lipinski definition) is 4. The molecule has 1 atom stereocenters. The molecule has 0 radical (unpaired) electrons. The van der Waals surface area contributed by atoms with E-state index in [4.69, 9.17) is 16.3 Å². The molecule has 138 valence electrons. The summed E-state index contributed by atoms with van der Waals surface area (Å²) in [6, 6.07) is 21.6. The van der Waals surface area contributed by atoms with Gasteiger partial charge in [-0.25, -0.2) is 0 Å². The Morgan fingerprint density at radius 3 is 2.56 bits per heavy atom. The fourth-order valence-corrected chi connectivity index (χ4v) is 4.49. The van der Waals surface area contributed by atoms with Crippen LogP contribution in [0.15, 0.2) is 81.0 Å². The van der Waals surface area contributed by atoms with Gasteiger partial charge in [-0.2, -0.15) is 0 Å². The Labute approximate surface area is 176 Å². The first-order valence-electron chi connectivity index (χ1n) is 8.50. The summed E-state index contributed by atoms with van der Waals surface area (Å²) >= 11 is 11.4. The molecule has 0 bridgehead atoms. The number of β-amino-alcohol motifs (C(OH)–C–C–N with tert-alkyl or cyclic N) is 1. The zero-order valence-corrected chi connectivity index (χ0v) is 17.5. The molecule has 0 saturated heterocycles. The van der Waals surface area contributed by atoms with Crippen molar-refractivity contribution < 1.29 is 9.84 Å². The van der Waals surface area contributed by atoms with E-state index in [0.717, 1.165) is 31.4 Å². The van der Waals surface area contributed by atoms with Crippen LogP contribution in [0.2, 0.25) is 5.02 Å². The van der Waals surface area contributed by atoms with Gasteiger partial charge in [0, 0.05) is 19.3 Å². The van der Waals surface area contributed by atoms with E-state index < -0.39 is 6.10 Å². The molecular formula is C21H17BrClNO2S. The third-order valence-electron chi connectivity index (χ3n) is 4.24. The van der Waals surface area contributed by atoms with Crippen molar-refractivity contribution in [3.63, 3.8) is 0 Å². The highest BCUT2D eigenvalue weighted by molar-refractivity contribution is 9.10. The normalized spacial score (nSPS) is 13.7. The van der Waals surface area contributed by atoms with Crippen LogP contribution in [-0.2, 0) is 0 Å². The molecule has 27 heavy (non-hydrogen) atoms. The minimum Gasteiger partial charge on any atom is -0.491 e. The highest BCUT2D eigenvalue weighted by atomic mass is 79.9. The molecule has 3 nitrogen and oxygen atoms in total. The number of aliphatic hydroxyl groups excluding tert-OH is 1. The molecule has 0 amide bonds. The number of ether oxygens (including phenoxy) is 1. The van der Waals surface area contributed by atoms with Crippen molar-refractivity contribution in [2.24, 2.45) is 0 Å². The lowest BCUT2D eigenvalue weighted by molar-refractivity contribution is 0.114. The number of benzene rings is 3. The molecule has 3 aromatic rings. The third kappa shape index (κ3) is 4.27.